The van der Waals surface area contributed by atoms with Crippen molar-refractivity contribution in [3.05, 3.63) is 52.5 Å². The fourth-order valence-corrected chi connectivity index (χ4v) is 1.80. The Balaban J connectivity index is 2.30. The Morgan fingerprint density at radius 2 is 1.89 bits per heavy atom. The number of carbonyl (C=O) groups excluding carboxylic acids is 1. The summed E-state index contributed by atoms with van der Waals surface area (Å²) in [7, 11) is 0. The summed E-state index contributed by atoms with van der Waals surface area (Å²) in [4.78, 5) is 12.0. The van der Waals surface area contributed by atoms with Crippen molar-refractivity contribution < 1.29 is 15.0 Å². The van der Waals surface area contributed by atoms with Crippen LogP contribution in [-0.4, -0.2) is 16.1 Å². The lowest BCUT2D eigenvalue weighted by Gasteiger charge is -2.10. The van der Waals surface area contributed by atoms with Gasteiger partial charge in [0.1, 0.15) is 11.5 Å². The highest BCUT2D eigenvalue weighted by Crippen LogP contribution is 2.25. The van der Waals surface area contributed by atoms with Gasteiger partial charge in [-0.15, -0.1) is 0 Å². The number of phenolic OH excluding ortho intramolecular Hbond substituents is 2. The van der Waals surface area contributed by atoms with Gasteiger partial charge in [0.2, 0.25) is 0 Å². The number of benzene rings is 2. The molecule has 0 atom stereocenters. The highest BCUT2D eigenvalue weighted by molar-refractivity contribution is 6.31. The quantitative estimate of drug-likeness (QED) is 0.789. The SMILES string of the molecule is Cc1ccc(O)cc1NC(=O)c1cc(Cl)ccc1O. The van der Waals surface area contributed by atoms with E-state index >= 15 is 0 Å². The number of halogens is 1. The van der Waals surface area contributed by atoms with Crippen molar-refractivity contribution in [1.29, 1.82) is 0 Å². The largest absolute Gasteiger partial charge is 0.508 e. The Labute approximate surface area is 115 Å². The summed E-state index contributed by atoms with van der Waals surface area (Å²) in [6, 6.07) is 8.88. The minimum atomic E-state index is -0.492. The molecule has 2 aromatic rings. The smallest absolute Gasteiger partial charge is 0.259 e. The Hall–Kier alpha value is -2.20. The van der Waals surface area contributed by atoms with Crippen LogP contribution in [0.5, 0.6) is 11.5 Å². The minimum absolute atomic E-state index is 0.0521. The zero-order chi connectivity index (χ0) is 14.0. The molecule has 4 nitrogen and oxygen atoms in total. The van der Waals surface area contributed by atoms with E-state index in [1.165, 1.54) is 30.3 Å². The number of rotatable bonds is 2. The third kappa shape index (κ3) is 2.98. The molecule has 0 aliphatic rings. The van der Waals surface area contributed by atoms with E-state index in [4.69, 9.17) is 11.6 Å². The van der Waals surface area contributed by atoms with E-state index in [9.17, 15) is 15.0 Å². The number of nitrogens with one attached hydrogen (secondary N) is 1. The Kier molecular flexibility index (Phi) is 3.62. The molecule has 2 rings (SSSR count). The minimum Gasteiger partial charge on any atom is -0.508 e. The summed E-state index contributed by atoms with van der Waals surface area (Å²) in [5, 5.41) is 22.0. The van der Waals surface area contributed by atoms with Gasteiger partial charge >= 0.3 is 0 Å². The first kappa shape index (κ1) is 13.2. The summed E-state index contributed by atoms with van der Waals surface area (Å²) >= 11 is 5.79. The topological polar surface area (TPSA) is 69.6 Å². The summed E-state index contributed by atoms with van der Waals surface area (Å²) < 4.78 is 0. The second-order valence-electron chi connectivity index (χ2n) is 4.11. The third-order valence-electron chi connectivity index (χ3n) is 2.67. The highest BCUT2D eigenvalue weighted by Gasteiger charge is 2.13. The van der Waals surface area contributed by atoms with Crippen molar-refractivity contribution in [3.8, 4) is 11.5 Å². The number of phenols is 2. The Bertz CT molecular complexity index is 641. The molecule has 3 N–H and O–H groups in total. The summed E-state index contributed by atoms with van der Waals surface area (Å²) in [5.74, 6) is -0.593. The van der Waals surface area contributed by atoms with Crippen LogP contribution in [0.3, 0.4) is 0 Å². The second-order valence-corrected chi connectivity index (χ2v) is 4.55. The summed E-state index contributed by atoms with van der Waals surface area (Å²) in [5.41, 5.74) is 1.35. The molecule has 0 aliphatic heterocycles. The van der Waals surface area contributed by atoms with Crippen LogP contribution in [0.25, 0.3) is 0 Å². The molecule has 0 saturated carbocycles. The number of aryl methyl sites for hydroxylation is 1. The van der Waals surface area contributed by atoms with Crippen molar-refractivity contribution >= 4 is 23.2 Å². The standard InChI is InChI=1S/C14H12ClNO3/c1-8-2-4-10(17)7-12(8)16-14(19)11-6-9(15)3-5-13(11)18/h2-7,17-18H,1H3,(H,16,19). The zero-order valence-corrected chi connectivity index (χ0v) is 10.9. The van der Waals surface area contributed by atoms with Gasteiger partial charge in [0.15, 0.2) is 0 Å². The van der Waals surface area contributed by atoms with Crippen molar-refractivity contribution in [2.45, 2.75) is 6.92 Å². The molecule has 19 heavy (non-hydrogen) atoms. The van der Waals surface area contributed by atoms with E-state index in [0.29, 0.717) is 10.7 Å². The summed E-state index contributed by atoms with van der Waals surface area (Å²) in [6.07, 6.45) is 0. The van der Waals surface area contributed by atoms with Crippen molar-refractivity contribution in [2.24, 2.45) is 0 Å². The van der Waals surface area contributed by atoms with Crippen LogP contribution in [0.1, 0.15) is 15.9 Å². The lowest BCUT2D eigenvalue weighted by Crippen LogP contribution is -2.12. The second kappa shape index (κ2) is 5.20. The molecule has 0 radical (unpaired) electrons. The first-order chi connectivity index (χ1) is 8.97. The van der Waals surface area contributed by atoms with Gasteiger partial charge in [-0.1, -0.05) is 17.7 Å². The normalized spacial score (nSPS) is 10.2. The lowest BCUT2D eigenvalue weighted by atomic mass is 10.1. The maximum Gasteiger partial charge on any atom is 0.259 e. The molecule has 5 heteroatoms. The first-order valence-corrected chi connectivity index (χ1v) is 5.94. The lowest BCUT2D eigenvalue weighted by molar-refractivity contribution is 0.102. The predicted octanol–water partition coefficient (Wildman–Crippen LogP) is 3.31. The molecular weight excluding hydrogens is 266 g/mol. The molecule has 0 unspecified atom stereocenters. The summed E-state index contributed by atoms with van der Waals surface area (Å²) in [6.45, 7) is 1.80. The predicted molar refractivity (Wildman–Crippen MR) is 73.9 cm³/mol. The number of hydrogen-bond donors (Lipinski definition) is 3. The third-order valence-corrected chi connectivity index (χ3v) is 2.91. The molecule has 0 heterocycles. The molecule has 2 aromatic carbocycles. The van der Waals surface area contributed by atoms with E-state index in [0.717, 1.165) is 5.56 Å². The zero-order valence-electron chi connectivity index (χ0n) is 10.1. The van der Waals surface area contributed by atoms with Crippen molar-refractivity contribution in [3.63, 3.8) is 0 Å². The van der Waals surface area contributed by atoms with E-state index in [-0.39, 0.29) is 17.1 Å². The maximum absolute atomic E-state index is 12.0. The number of hydrogen-bond acceptors (Lipinski definition) is 3. The van der Waals surface area contributed by atoms with Crippen LogP contribution in [-0.2, 0) is 0 Å². The molecule has 0 fully saturated rings. The number of carbonyl (C=O) groups is 1. The van der Waals surface area contributed by atoms with Crippen LogP contribution < -0.4 is 5.32 Å². The highest BCUT2D eigenvalue weighted by atomic mass is 35.5. The average Bonchev–Trinajstić information content (AvgIpc) is 2.36. The van der Waals surface area contributed by atoms with Crippen LogP contribution in [0, 0.1) is 6.92 Å². The maximum atomic E-state index is 12.0. The van der Waals surface area contributed by atoms with Gasteiger partial charge in [0, 0.05) is 16.8 Å². The fourth-order valence-electron chi connectivity index (χ4n) is 1.62. The van der Waals surface area contributed by atoms with Gasteiger partial charge in [-0.2, -0.15) is 0 Å². The van der Waals surface area contributed by atoms with Gasteiger partial charge < -0.3 is 15.5 Å². The Morgan fingerprint density at radius 1 is 1.16 bits per heavy atom. The molecule has 0 aromatic heterocycles. The molecule has 0 bridgehead atoms. The van der Waals surface area contributed by atoms with E-state index in [1.54, 1.807) is 13.0 Å². The van der Waals surface area contributed by atoms with Crippen molar-refractivity contribution in [1.82, 2.24) is 0 Å². The molecular formula is C14H12ClNO3. The van der Waals surface area contributed by atoms with Crippen molar-refractivity contribution in [2.75, 3.05) is 5.32 Å². The van der Waals surface area contributed by atoms with Gasteiger partial charge in [0.05, 0.1) is 5.56 Å². The van der Waals surface area contributed by atoms with Gasteiger partial charge in [0.25, 0.3) is 5.91 Å². The van der Waals surface area contributed by atoms with Crippen LogP contribution in [0.15, 0.2) is 36.4 Å². The van der Waals surface area contributed by atoms with E-state index < -0.39 is 5.91 Å². The van der Waals surface area contributed by atoms with Crippen LogP contribution >= 0.6 is 11.6 Å². The van der Waals surface area contributed by atoms with Crippen LogP contribution in [0.2, 0.25) is 5.02 Å². The molecule has 0 saturated heterocycles. The van der Waals surface area contributed by atoms with E-state index in [2.05, 4.69) is 5.32 Å². The van der Waals surface area contributed by atoms with Gasteiger partial charge in [-0.05, 0) is 36.8 Å². The fraction of sp³-hybridized carbons (Fsp3) is 0.0714. The Morgan fingerprint density at radius 3 is 2.63 bits per heavy atom. The molecule has 1 amide bonds. The number of amides is 1. The molecule has 0 aliphatic carbocycles. The first-order valence-electron chi connectivity index (χ1n) is 5.57. The molecule has 0 spiro atoms. The number of anilines is 1. The van der Waals surface area contributed by atoms with Crippen LogP contribution in [0.4, 0.5) is 5.69 Å². The monoisotopic (exact) mass is 277 g/mol. The van der Waals surface area contributed by atoms with Gasteiger partial charge in [-0.3, -0.25) is 4.79 Å². The van der Waals surface area contributed by atoms with E-state index in [1.807, 2.05) is 0 Å². The van der Waals surface area contributed by atoms with Gasteiger partial charge in [-0.25, -0.2) is 0 Å². The number of aromatic hydroxyl groups is 2. The molecule has 98 valence electrons. The average molecular weight is 278 g/mol.